The number of nitrogens with one attached hydrogen (secondary N) is 2. The topological polar surface area (TPSA) is 87.7 Å². The number of methoxy groups -OCH3 is 1. The van der Waals surface area contributed by atoms with Gasteiger partial charge in [0.25, 0.3) is 5.91 Å². The van der Waals surface area contributed by atoms with Crippen LogP contribution in [0.1, 0.15) is 37.0 Å². The minimum absolute atomic E-state index is 0.0246. The highest BCUT2D eigenvalue weighted by Gasteiger charge is 2.30. The molecule has 0 bridgehead atoms. The van der Waals surface area contributed by atoms with Gasteiger partial charge in [-0.3, -0.25) is 14.4 Å². The molecule has 0 aliphatic carbocycles. The van der Waals surface area contributed by atoms with E-state index in [1.54, 1.807) is 24.1 Å². The fourth-order valence-corrected chi connectivity index (χ4v) is 3.87. The molecule has 1 fully saturated rings. The number of hydrogen-bond acceptors (Lipinski definition) is 4. The zero-order valence-electron chi connectivity index (χ0n) is 17.7. The van der Waals surface area contributed by atoms with Gasteiger partial charge in [-0.15, -0.1) is 0 Å². The number of likely N-dealkylation sites (tertiary alicyclic amines) is 1. The summed E-state index contributed by atoms with van der Waals surface area (Å²) in [5.41, 5.74) is 0.601. The molecule has 7 heteroatoms. The third-order valence-corrected chi connectivity index (χ3v) is 5.29. The third kappa shape index (κ3) is 4.90. The lowest BCUT2D eigenvalue weighted by atomic mass is 9.95. The summed E-state index contributed by atoms with van der Waals surface area (Å²) in [5.74, 6) is -0.0986. The Labute approximate surface area is 176 Å². The molecule has 1 saturated heterocycles. The van der Waals surface area contributed by atoms with Crippen molar-refractivity contribution in [2.45, 2.75) is 32.7 Å². The van der Waals surface area contributed by atoms with Gasteiger partial charge in [-0.05, 0) is 44.2 Å². The van der Waals surface area contributed by atoms with Gasteiger partial charge in [0.05, 0.1) is 19.6 Å². The average molecular weight is 412 g/mol. The number of fused-ring (bicyclic) bond motifs is 1. The molecule has 0 radical (unpaired) electrons. The van der Waals surface area contributed by atoms with Crippen molar-refractivity contribution in [2.24, 2.45) is 5.92 Å². The van der Waals surface area contributed by atoms with Crippen molar-refractivity contribution in [2.75, 3.05) is 26.7 Å². The number of rotatable bonds is 6. The molecule has 2 aromatic rings. The molecule has 7 nitrogen and oxygen atoms in total. The van der Waals surface area contributed by atoms with E-state index >= 15 is 0 Å². The van der Waals surface area contributed by atoms with Crippen molar-refractivity contribution < 1.29 is 19.1 Å². The second kappa shape index (κ2) is 9.61. The number of ether oxygens (including phenoxy) is 1. The van der Waals surface area contributed by atoms with E-state index in [4.69, 9.17) is 4.74 Å². The first-order valence-electron chi connectivity index (χ1n) is 10.3. The summed E-state index contributed by atoms with van der Waals surface area (Å²) in [6.45, 7) is 4.64. The second-order valence-electron chi connectivity index (χ2n) is 7.89. The lowest BCUT2D eigenvalue weighted by Crippen LogP contribution is -2.47. The summed E-state index contributed by atoms with van der Waals surface area (Å²) in [7, 11) is 1.61. The van der Waals surface area contributed by atoms with Gasteiger partial charge in [0.15, 0.2) is 0 Å². The molecular formula is C23H29N3O4. The van der Waals surface area contributed by atoms with E-state index in [9.17, 15) is 14.4 Å². The predicted molar refractivity (Wildman–Crippen MR) is 115 cm³/mol. The molecule has 2 aromatic carbocycles. The molecule has 160 valence electrons. The summed E-state index contributed by atoms with van der Waals surface area (Å²) < 4.78 is 5.42. The van der Waals surface area contributed by atoms with Gasteiger partial charge in [-0.2, -0.15) is 0 Å². The van der Waals surface area contributed by atoms with Gasteiger partial charge in [-0.1, -0.05) is 24.3 Å². The Balaban J connectivity index is 1.70. The first-order valence-corrected chi connectivity index (χ1v) is 10.3. The summed E-state index contributed by atoms with van der Waals surface area (Å²) in [6, 6.07) is 11.3. The van der Waals surface area contributed by atoms with Crippen molar-refractivity contribution >= 4 is 28.5 Å². The van der Waals surface area contributed by atoms with Crippen LogP contribution >= 0.6 is 0 Å². The monoisotopic (exact) mass is 411 g/mol. The SMILES string of the molecule is COc1ccc(C(=O)N2CCC[C@H](C(=O)NCC(=O)NC(C)C)C2)c2ccccc12. The summed E-state index contributed by atoms with van der Waals surface area (Å²) in [4.78, 5) is 39.3. The summed E-state index contributed by atoms with van der Waals surface area (Å²) in [5, 5.41) is 7.16. The molecule has 1 atom stereocenters. The van der Waals surface area contributed by atoms with Crippen molar-refractivity contribution in [1.82, 2.24) is 15.5 Å². The molecule has 0 spiro atoms. The van der Waals surface area contributed by atoms with E-state index in [-0.39, 0.29) is 36.2 Å². The maximum Gasteiger partial charge on any atom is 0.254 e. The zero-order valence-corrected chi connectivity index (χ0v) is 17.7. The van der Waals surface area contributed by atoms with Gasteiger partial charge >= 0.3 is 0 Å². The second-order valence-corrected chi connectivity index (χ2v) is 7.89. The van der Waals surface area contributed by atoms with Gasteiger partial charge in [0, 0.05) is 30.1 Å². The maximum atomic E-state index is 13.3. The van der Waals surface area contributed by atoms with Crippen LogP contribution in [0.25, 0.3) is 10.8 Å². The van der Waals surface area contributed by atoms with Crippen LogP contribution in [0.3, 0.4) is 0 Å². The maximum absolute atomic E-state index is 13.3. The van der Waals surface area contributed by atoms with Crippen LogP contribution in [-0.4, -0.2) is 55.4 Å². The van der Waals surface area contributed by atoms with Crippen molar-refractivity contribution in [3.05, 3.63) is 42.0 Å². The number of nitrogens with zero attached hydrogens (tertiary/aromatic N) is 1. The van der Waals surface area contributed by atoms with Crippen LogP contribution in [0.5, 0.6) is 5.75 Å². The van der Waals surface area contributed by atoms with E-state index in [0.29, 0.717) is 25.1 Å². The molecule has 1 heterocycles. The minimum atomic E-state index is -0.320. The van der Waals surface area contributed by atoms with Gasteiger partial charge < -0.3 is 20.3 Å². The zero-order chi connectivity index (χ0) is 21.7. The first kappa shape index (κ1) is 21.6. The van der Waals surface area contributed by atoms with Crippen LogP contribution in [-0.2, 0) is 9.59 Å². The van der Waals surface area contributed by atoms with Crippen LogP contribution < -0.4 is 15.4 Å². The van der Waals surface area contributed by atoms with E-state index < -0.39 is 0 Å². The molecule has 3 amide bonds. The van der Waals surface area contributed by atoms with Crippen LogP contribution in [0.4, 0.5) is 0 Å². The predicted octanol–water partition coefficient (Wildman–Crippen LogP) is 2.34. The highest BCUT2D eigenvalue weighted by molar-refractivity contribution is 6.08. The van der Waals surface area contributed by atoms with Crippen LogP contribution in [0.15, 0.2) is 36.4 Å². The van der Waals surface area contributed by atoms with Crippen molar-refractivity contribution in [3.63, 3.8) is 0 Å². The molecule has 2 N–H and O–H groups in total. The Hall–Kier alpha value is -3.09. The number of carbonyl (C=O) groups excluding carboxylic acids is 3. The molecule has 3 rings (SSSR count). The fourth-order valence-electron chi connectivity index (χ4n) is 3.87. The lowest BCUT2D eigenvalue weighted by Gasteiger charge is -2.32. The molecule has 0 unspecified atom stereocenters. The summed E-state index contributed by atoms with van der Waals surface area (Å²) >= 11 is 0. The van der Waals surface area contributed by atoms with Gasteiger partial charge in [0.2, 0.25) is 11.8 Å². The molecule has 30 heavy (non-hydrogen) atoms. The largest absolute Gasteiger partial charge is 0.496 e. The Morgan fingerprint density at radius 3 is 2.57 bits per heavy atom. The van der Waals surface area contributed by atoms with Crippen molar-refractivity contribution in [1.29, 1.82) is 0 Å². The third-order valence-electron chi connectivity index (χ3n) is 5.29. The van der Waals surface area contributed by atoms with Gasteiger partial charge in [-0.25, -0.2) is 0 Å². The Morgan fingerprint density at radius 2 is 1.87 bits per heavy atom. The van der Waals surface area contributed by atoms with E-state index in [0.717, 1.165) is 22.9 Å². The minimum Gasteiger partial charge on any atom is -0.496 e. The van der Waals surface area contributed by atoms with E-state index in [2.05, 4.69) is 10.6 Å². The van der Waals surface area contributed by atoms with E-state index in [1.165, 1.54) is 0 Å². The Morgan fingerprint density at radius 1 is 1.13 bits per heavy atom. The van der Waals surface area contributed by atoms with Crippen LogP contribution in [0.2, 0.25) is 0 Å². The smallest absolute Gasteiger partial charge is 0.254 e. The van der Waals surface area contributed by atoms with Crippen LogP contribution in [0, 0.1) is 5.92 Å². The van der Waals surface area contributed by atoms with Gasteiger partial charge in [0.1, 0.15) is 5.75 Å². The Kier molecular flexibility index (Phi) is 6.92. The summed E-state index contributed by atoms with van der Waals surface area (Å²) in [6.07, 6.45) is 1.45. The number of piperidine rings is 1. The fraction of sp³-hybridized carbons (Fsp3) is 0.435. The molecular weight excluding hydrogens is 382 g/mol. The molecule has 1 aliphatic heterocycles. The lowest BCUT2D eigenvalue weighted by molar-refractivity contribution is -0.129. The van der Waals surface area contributed by atoms with E-state index in [1.807, 2.05) is 38.1 Å². The molecule has 0 saturated carbocycles. The number of carbonyl (C=O) groups is 3. The number of benzene rings is 2. The first-order chi connectivity index (χ1) is 14.4. The van der Waals surface area contributed by atoms with Crippen molar-refractivity contribution in [3.8, 4) is 5.75 Å². The highest BCUT2D eigenvalue weighted by Crippen LogP contribution is 2.30. The average Bonchev–Trinajstić information content (AvgIpc) is 2.75. The standard InChI is InChI=1S/C23H29N3O4/c1-15(2)25-21(27)13-24-22(28)16-7-6-12-26(14-16)23(29)19-10-11-20(30-3)18-9-5-4-8-17(18)19/h4-5,8-11,15-16H,6-7,12-14H2,1-3H3,(H,24,28)(H,25,27)/t16-/m0/s1. The molecule has 0 aromatic heterocycles. The quantitative estimate of drug-likeness (QED) is 0.764. The molecule has 1 aliphatic rings. The Bertz CT molecular complexity index is 941. The normalized spacial score (nSPS) is 16.4. The highest BCUT2D eigenvalue weighted by atomic mass is 16.5. The number of amides is 3. The number of hydrogen-bond donors (Lipinski definition) is 2.